The van der Waals surface area contributed by atoms with Crippen LogP contribution in [0.5, 0.6) is 0 Å². The molecular weight excluding hydrogens is 439 g/mol. The van der Waals surface area contributed by atoms with Crippen LogP contribution in [-0.4, -0.2) is 44.3 Å². The van der Waals surface area contributed by atoms with E-state index in [0.29, 0.717) is 0 Å². The molecule has 0 radical (unpaired) electrons. The van der Waals surface area contributed by atoms with Gasteiger partial charge in [0.1, 0.15) is 0 Å². The third-order valence-corrected chi connectivity index (χ3v) is 3.08. The molecule has 0 aliphatic rings. The van der Waals surface area contributed by atoms with Gasteiger partial charge in [-0.2, -0.15) is 0 Å². The van der Waals surface area contributed by atoms with Gasteiger partial charge in [0, 0.05) is 37.6 Å². The molecule has 0 fully saturated rings. The molecule has 2 rings (SSSR count). The Hall–Kier alpha value is -3.20. The van der Waals surface area contributed by atoms with Gasteiger partial charge in [0.25, 0.3) is 0 Å². The molecule has 8 N–H and O–H groups in total. The summed E-state index contributed by atoms with van der Waals surface area (Å²) in [5, 5.41) is 34.5. The Labute approximate surface area is 171 Å². The fraction of sp³-hybridized carbons (Fsp3) is 0. The number of aromatic carboxylic acids is 4. The summed E-state index contributed by atoms with van der Waals surface area (Å²) in [6, 6.07) is 7.87. The number of hydrogen-bond acceptors (Lipinski definition) is 6. The predicted octanol–water partition coefficient (Wildman–Crippen LogP) is 1.33. The minimum Gasteiger partial charge on any atom is -0.478 e. The van der Waals surface area contributed by atoms with Crippen molar-refractivity contribution in [3.63, 3.8) is 0 Å². The van der Waals surface area contributed by atoms with Gasteiger partial charge >= 0.3 is 23.9 Å². The maximum Gasteiger partial charge on any atom is 0.338 e. The number of carboxylic acid groups (broad SMARTS) is 4. The number of nitrogen functional groups attached to an aromatic ring is 2. The second-order valence-corrected chi connectivity index (χ2v) is 4.76. The number of carboxylic acids is 4. The van der Waals surface area contributed by atoms with Gasteiger partial charge in [-0.05, 0) is 24.3 Å². The fourth-order valence-electron chi connectivity index (χ4n) is 1.97. The molecule has 0 spiro atoms. The van der Waals surface area contributed by atoms with E-state index in [4.69, 9.17) is 31.9 Å². The van der Waals surface area contributed by atoms with Crippen molar-refractivity contribution in [1.29, 1.82) is 0 Å². The molecule has 10 nitrogen and oxygen atoms in total. The van der Waals surface area contributed by atoms with Gasteiger partial charge < -0.3 is 31.9 Å². The summed E-state index contributed by atoms with van der Waals surface area (Å²) < 4.78 is 0. The van der Waals surface area contributed by atoms with Crippen LogP contribution in [0.3, 0.4) is 0 Å². The third-order valence-electron chi connectivity index (χ3n) is 3.08. The fourth-order valence-corrected chi connectivity index (χ4v) is 1.97. The van der Waals surface area contributed by atoms with E-state index in [0.717, 1.165) is 0 Å². The number of benzene rings is 2. The molecule has 0 atom stereocenters. The zero-order valence-electron chi connectivity index (χ0n) is 13.5. The Balaban J connectivity index is 0.000000483. The Morgan fingerprint density at radius 1 is 0.593 bits per heavy atom. The smallest absolute Gasteiger partial charge is 0.338 e. The molecule has 0 amide bonds. The first-order valence-corrected chi connectivity index (χ1v) is 6.78. The Morgan fingerprint density at radius 3 is 1.07 bits per heavy atom. The first kappa shape index (κ1) is 23.8. The zero-order valence-corrected chi connectivity index (χ0v) is 16.0. The standard InChI is InChI=1S/2C8H7NO4.Zr/c2*9-5-3-1-2-4(7(10)11)6(5)8(12)13;/h2*1-3H,9H2,(H,10,11)(H,12,13);. The van der Waals surface area contributed by atoms with Gasteiger partial charge in [0.15, 0.2) is 0 Å². The van der Waals surface area contributed by atoms with Crippen molar-refractivity contribution in [2.24, 2.45) is 0 Å². The maximum atomic E-state index is 10.6. The van der Waals surface area contributed by atoms with Crippen molar-refractivity contribution >= 4 is 35.3 Å². The number of hydrogen-bond donors (Lipinski definition) is 6. The van der Waals surface area contributed by atoms with Crippen LogP contribution in [0.2, 0.25) is 0 Å². The van der Waals surface area contributed by atoms with E-state index in [1.54, 1.807) is 0 Å². The van der Waals surface area contributed by atoms with Gasteiger partial charge in [0.2, 0.25) is 0 Å². The number of carbonyl (C=O) groups is 4. The molecule has 11 heteroatoms. The summed E-state index contributed by atoms with van der Waals surface area (Å²) in [5.74, 6) is -5.28. The molecule has 0 aliphatic carbocycles. The van der Waals surface area contributed by atoms with Crippen LogP contribution in [-0.2, 0) is 26.2 Å². The number of nitrogens with two attached hydrogens (primary N) is 2. The summed E-state index contributed by atoms with van der Waals surface area (Å²) >= 11 is 0. The largest absolute Gasteiger partial charge is 0.478 e. The van der Waals surface area contributed by atoms with E-state index >= 15 is 0 Å². The molecule has 0 saturated heterocycles. The van der Waals surface area contributed by atoms with Crippen molar-refractivity contribution in [2.75, 3.05) is 11.5 Å². The summed E-state index contributed by atoms with van der Waals surface area (Å²) in [5.41, 5.74) is 9.21. The summed E-state index contributed by atoms with van der Waals surface area (Å²) in [4.78, 5) is 42.3. The van der Waals surface area contributed by atoms with Crippen LogP contribution in [0.1, 0.15) is 41.4 Å². The molecule has 140 valence electrons. The van der Waals surface area contributed by atoms with Crippen LogP contribution in [0, 0.1) is 0 Å². The molecule has 0 unspecified atom stereocenters. The maximum absolute atomic E-state index is 10.6. The van der Waals surface area contributed by atoms with E-state index in [2.05, 4.69) is 0 Å². The van der Waals surface area contributed by atoms with Gasteiger partial charge in [-0.15, -0.1) is 0 Å². The molecule has 0 heterocycles. The van der Waals surface area contributed by atoms with E-state index in [1.165, 1.54) is 36.4 Å². The van der Waals surface area contributed by atoms with E-state index < -0.39 is 23.9 Å². The van der Waals surface area contributed by atoms with Gasteiger partial charge in [-0.3, -0.25) is 0 Å². The predicted molar refractivity (Wildman–Crippen MR) is 89.5 cm³/mol. The van der Waals surface area contributed by atoms with Crippen LogP contribution >= 0.6 is 0 Å². The van der Waals surface area contributed by atoms with Gasteiger partial charge in [-0.1, -0.05) is 12.1 Å². The minimum atomic E-state index is -1.34. The number of rotatable bonds is 4. The average Bonchev–Trinajstić information content (AvgIpc) is 2.54. The molecule has 27 heavy (non-hydrogen) atoms. The van der Waals surface area contributed by atoms with Crippen LogP contribution in [0.25, 0.3) is 0 Å². The van der Waals surface area contributed by atoms with Crippen LogP contribution < -0.4 is 11.5 Å². The Morgan fingerprint density at radius 2 is 0.889 bits per heavy atom. The molecular formula is C16H14N2O8Zr. The quantitative estimate of drug-likeness (QED) is 0.367. The normalized spacial score (nSPS) is 9.19. The molecule has 0 bridgehead atoms. The Kier molecular flexibility index (Phi) is 8.88. The van der Waals surface area contributed by atoms with E-state index in [9.17, 15) is 19.2 Å². The Bertz CT molecular complexity index is 824. The summed E-state index contributed by atoms with van der Waals surface area (Å²) in [7, 11) is 0. The summed E-state index contributed by atoms with van der Waals surface area (Å²) in [6.07, 6.45) is 0. The van der Waals surface area contributed by atoms with E-state index in [1.807, 2.05) is 0 Å². The van der Waals surface area contributed by atoms with E-state index in [-0.39, 0.29) is 59.8 Å². The summed E-state index contributed by atoms with van der Waals surface area (Å²) in [6.45, 7) is 0. The van der Waals surface area contributed by atoms with Crippen LogP contribution in [0.15, 0.2) is 36.4 Å². The van der Waals surface area contributed by atoms with Crippen LogP contribution in [0.4, 0.5) is 11.4 Å². The molecule has 0 aliphatic heterocycles. The van der Waals surface area contributed by atoms with Gasteiger partial charge in [0.05, 0.1) is 22.3 Å². The van der Waals surface area contributed by atoms with Gasteiger partial charge in [-0.25, -0.2) is 19.2 Å². The van der Waals surface area contributed by atoms with Crippen molar-refractivity contribution in [3.05, 3.63) is 58.7 Å². The SMILES string of the molecule is Nc1cccc(C(=O)O)c1C(=O)O.Nc1cccc(C(=O)O)c1C(=O)O.[Zr]. The molecule has 2 aromatic carbocycles. The second kappa shape index (κ2) is 10.1. The average molecular weight is 454 g/mol. The zero-order chi connectivity index (χ0) is 20.0. The van der Waals surface area contributed by atoms with Crippen molar-refractivity contribution in [1.82, 2.24) is 0 Å². The monoisotopic (exact) mass is 452 g/mol. The number of anilines is 2. The van der Waals surface area contributed by atoms with Crippen molar-refractivity contribution in [3.8, 4) is 0 Å². The second-order valence-electron chi connectivity index (χ2n) is 4.76. The van der Waals surface area contributed by atoms with Crippen molar-refractivity contribution in [2.45, 2.75) is 0 Å². The first-order valence-electron chi connectivity index (χ1n) is 6.78. The third kappa shape index (κ3) is 5.93. The first-order chi connectivity index (χ1) is 12.1. The molecule has 2 aromatic rings. The molecule has 0 saturated carbocycles. The molecule has 0 aromatic heterocycles. The minimum absolute atomic E-state index is 0. The van der Waals surface area contributed by atoms with Crippen molar-refractivity contribution < 1.29 is 65.8 Å². The topological polar surface area (TPSA) is 201 Å².